The highest BCUT2D eigenvalue weighted by molar-refractivity contribution is 6.30. The number of aromatic nitrogens is 1. The molecule has 10 heteroatoms. The number of rotatable bonds is 11. The number of halogens is 1. The summed E-state index contributed by atoms with van der Waals surface area (Å²) in [7, 11) is 1.30. The molecule has 218 valence electrons. The summed E-state index contributed by atoms with van der Waals surface area (Å²) in [6.07, 6.45) is 0.581. The van der Waals surface area contributed by atoms with Gasteiger partial charge < -0.3 is 24.7 Å². The number of hydrogen-bond donors (Lipinski definition) is 2. The zero-order valence-electron chi connectivity index (χ0n) is 23.4. The molecule has 0 aliphatic carbocycles. The second kappa shape index (κ2) is 13.7. The van der Waals surface area contributed by atoms with Crippen molar-refractivity contribution >= 4 is 57.9 Å². The van der Waals surface area contributed by atoms with Crippen LogP contribution in [0.5, 0.6) is 0 Å². The van der Waals surface area contributed by atoms with Gasteiger partial charge in [0.1, 0.15) is 5.52 Å². The van der Waals surface area contributed by atoms with Gasteiger partial charge in [0.15, 0.2) is 5.58 Å². The molecule has 1 heterocycles. The van der Waals surface area contributed by atoms with E-state index in [4.69, 9.17) is 20.8 Å². The standard InChI is InChI=1S/C33H29ClN4O5/c1-42-32(41)24-11-13-27(14-12-24)35-30(39)21-38(17-16-22-6-5-7-25(34)18-22)31(40)20-23-10-15-28-29(19-23)43-33(37-28)36-26-8-3-2-4-9-26/h2-15,18-19H,16-17,20-21H2,1H3,(H,35,39)(H,36,37). The maximum absolute atomic E-state index is 13.5. The molecule has 0 aliphatic rings. The third-order valence-electron chi connectivity index (χ3n) is 6.67. The molecule has 0 bridgehead atoms. The maximum Gasteiger partial charge on any atom is 0.337 e. The molecule has 0 saturated carbocycles. The number of carbonyl (C=O) groups excluding carboxylic acids is 3. The van der Waals surface area contributed by atoms with Crippen LogP contribution in [0.2, 0.25) is 5.02 Å². The molecule has 5 aromatic rings. The van der Waals surface area contributed by atoms with Gasteiger partial charge in [-0.15, -0.1) is 0 Å². The van der Waals surface area contributed by atoms with Gasteiger partial charge in [-0.2, -0.15) is 4.98 Å². The molecule has 1 aromatic heterocycles. The van der Waals surface area contributed by atoms with Gasteiger partial charge in [-0.3, -0.25) is 9.59 Å². The Morgan fingerprint density at radius 3 is 2.42 bits per heavy atom. The lowest BCUT2D eigenvalue weighted by Crippen LogP contribution is -2.40. The monoisotopic (exact) mass is 596 g/mol. The van der Waals surface area contributed by atoms with E-state index in [1.807, 2.05) is 54.6 Å². The number of ether oxygens (including phenoxy) is 1. The van der Waals surface area contributed by atoms with Crippen molar-refractivity contribution in [2.45, 2.75) is 12.8 Å². The number of nitrogens with one attached hydrogen (secondary N) is 2. The van der Waals surface area contributed by atoms with Crippen molar-refractivity contribution in [3.8, 4) is 0 Å². The van der Waals surface area contributed by atoms with Gasteiger partial charge >= 0.3 is 5.97 Å². The Hall–Kier alpha value is -5.15. The average Bonchev–Trinajstić information content (AvgIpc) is 3.41. The van der Waals surface area contributed by atoms with Crippen LogP contribution in [0.1, 0.15) is 21.5 Å². The molecule has 0 spiro atoms. The summed E-state index contributed by atoms with van der Waals surface area (Å²) in [5.41, 5.74) is 4.59. The lowest BCUT2D eigenvalue weighted by Gasteiger charge is -2.22. The number of nitrogens with zero attached hydrogens (tertiary/aromatic N) is 2. The smallest absolute Gasteiger partial charge is 0.337 e. The predicted molar refractivity (Wildman–Crippen MR) is 166 cm³/mol. The number of methoxy groups -OCH3 is 1. The van der Waals surface area contributed by atoms with Gasteiger partial charge in [0, 0.05) is 22.9 Å². The number of carbonyl (C=O) groups is 3. The predicted octanol–water partition coefficient (Wildman–Crippen LogP) is 6.26. The summed E-state index contributed by atoms with van der Waals surface area (Å²) in [6.45, 7) is 0.150. The number of esters is 1. The topological polar surface area (TPSA) is 114 Å². The van der Waals surface area contributed by atoms with Crippen molar-refractivity contribution in [1.29, 1.82) is 0 Å². The van der Waals surface area contributed by atoms with Crippen molar-refractivity contribution < 1.29 is 23.5 Å². The highest BCUT2D eigenvalue weighted by atomic mass is 35.5. The Balaban J connectivity index is 1.28. The van der Waals surface area contributed by atoms with Crippen molar-refractivity contribution in [2.24, 2.45) is 0 Å². The fourth-order valence-corrected chi connectivity index (χ4v) is 4.71. The van der Waals surface area contributed by atoms with Crippen LogP contribution in [0, 0.1) is 0 Å². The van der Waals surface area contributed by atoms with Crippen molar-refractivity contribution in [1.82, 2.24) is 9.88 Å². The SMILES string of the molecule is COC(=O)c1ccc(NC(=O)CN(CCc2cccc(Cl)c2)C(=O)Cc2ccc3nc(Nc4ccccc4)oc3c2)cc1. The lowest BCUT2D eigenvalue weighted by molar-refractivity contribution is -0.134. The molecule has 5 rings (SSSR count). The molecular weight excluding hydrogens is 568 g/mol. The van der Waals surface area contributed by atoms with E-state index < -0.39 is 5.97 Å². The van der Waals surface area contributed by atoms with Crippen molar-refractivity contribution in [2.75, 3.05) is 30.8 Å². The third-order valence-corrected chi connectivity index (χ3v) is 6.90. The fourth-order valence-electron chi connectivity index (χ4n) is 4.49. The van der Waals surface area contributed by atoms with Crippen molar-refractivity contribution in [3.63, 3.8) is 0 Å². The molecule has 2 N–H and O–H groups in total. The number of amides is 2. The molecule has 9 nitrogen and oxygen atoms in total. The first kappa shape index (κ1) is 29.3. The van der Waals surface area contributed by atoms with Crippen LogP contribution in [0.3, 0.4) is 0 Å². The Kier molecular flexibility index (Phi) is 9.33. The van der Waals surface area contributed by atoms with Crippen LogP contribution >= 0.6 is 11.6 Å². The molecule has 0 aliphatic heterocycles. The molecule has 0 fully saturated rings. The van der Waals surface area contributed by atoms with Crippen molar-refractivity contribution in [3.05, 3.63) is 119 Å². The van der Waals surface area contributed by atoms with E-state index in [1.54, 1.807) is 42.5 Å². The lowest BCUT2D eigenvalue weighted by atomic mass is 10.1. The van der Waals surface area contributed by atoms with E-state index in [0.717, 1.165) is 16.8 Å². The van der Waals surface area contributed by atoms with Crippen LogP contribution in [0.15, 0.2) is 101 Å². The van der Waals surface area contributed by atoms with Crippen LogP contribution in [0.4, 0.5) is 17.4 Å². The Morgan fingerprint density at radius 2 is 1.67 bits per heavy atom. The van der Waals surface area contributed by atoms with E-state index in [1.165, 1.54) is 12.0 Å². The van der Waals surface area contributed by atoms with Crippen LogP contribution in [-0.4, -0.2) is 47.9 Å². The normalized spacial score (nSPS) is 10.7. The largest absolute Gasteiger partial charge is 0.465 e. The zero-order valence-corrected chi connectivity index (χ0v) is 24.1. The Bertz CT molecular complexity index is 1740. The zero-order chi connectivity index (χ0) is 30.2. The highest BCUT2D eigenvalue weighted by Crippen LogP contribution is 2.23. The number of para-hydroxylation sites is 1. The summed E-state index contributed by atoms with van der Waals surface area (Å²) in [5, 5.41) is 6.53. The highest BCUT2D eigenvalue weighted by Gasteiger charge is 2.19. The van der Waals surface area contributed by atoms with E-state index in [-0.39, 0.29) is 24.8 Å². The van der Waals surface area contributed by atoms with Gasteiger partial charge in [-0.1, -0.05) is 48.0 Å². The number of oxazole rings is 1. The summed E-state index contributed by atoms with van der Waals surface area (Å²) < 4.78 is 10.6. The number of fused-ring (bicyclic) bond motifs is 1. The summed E-state index contributed by atoms with van der Waals surface area (Å²) in [4.78, 5) is 44.2. The molecule has 4 aromatic carbocycles. The van der Waals surface area contributed by atoms with E-state index in [9.17, 15) is 14.4 Å². The number of anilines is 3. The minimum atomic E-state index is -0.470. The molecule has 0 unspecified atom stereocenters. The van der Waals surface area contributed by atoms with Gasteiger partial charge in [-0.05, 0) is 78.2 Å². The first-order valence-electron chi connectivity index (χ1n) is 13.6. The minimum Gasteiger partial charge on any atom is -0.465 e. The summed E-state index contributed by atoms with van der Waals surface area (Å²) in [6, 6.07) is 29.1. The van der Waals surface area contributed by atoms with E-state index in [0.29, 0.717) is 46.4 Å². The molecule has 0 saturated heterocycles. The molecule has 0 atom stereocenters. The maximum atomic E-state index is 13.5. The molecular formula is C33H29ClN4O5. The second-order valence-corrected chi connectivity index (χ2v) is 10.2. The molecule has 43 heavy (non-hydrogen) atoms. The van der Waals surface area contributed by atoms with Gasteiger partial charge in [0.2, 0.25) is 11.8 Å². The second-order valence-electron chi connectivity index (χ2n) is 9.80. The molecule has 2 amide bonds. The fraction of sp³-hybridized carbons (Fsp3) is 0.152. The Labute approximate surface area is 253 Å². The van der Waals surface area contributed by atoms with E-state index in [2.05, 4.69) is 15.6 Å². The molecule has 0 radical (unpaired) electrons. The minimum absolute atomic E-state index is 0.0642. The van der Waals surface area contributed by atoms with Crippen LogP contribution in [0.25, 0.3) is 11.1 Å². The van der Waals surface area contributed by atoms with E-state index >= 15 is 0 Å². The average molecular weight is 597 g/mol. The first-order valence-corrected chi connectivity index (χ1v) is 14.0. The number of benzene rings is 4. The number of hydrogen-bond acceptors (Lipinski definition) is 7. The summed E-state index contributed by atoms with van der Waals surface area (Å²) >= 11 is 6.15. The Morgan fingerprint density at radius 1 is 0.884 bits per heavy atom. The van der Waals surface area contributed by atoms with Crippen LogP contribution < -0.4 is 10.6 Å². The van der Waals surface area contributed by atoms with Crippen LogP contribution in [-0.2, 0) is 27.2 Å². The summed E-state index contributed by atoms with van der Waals surface area (Å²) in [5.74, 6) is -1.06. The van der Waals surface area contributed by atoms with Gasteiger partial charge in [0.05, 0.1) is 25.6 Å². The third kappa shape index (κ3) is 7.99. The first-order chi connectivity index (χ1) is 20.9. The quantitative estimate of drug-likeness (QED) is 0.173. The van der Waals surface area contributed by atoms with Gasteiger partial charge in [-0.25, -0.2) is 4.79 Å². The van der Waals surface area contributed by atoms with Gasteiger partial charge in [0.25, 0.3) is 6.01 Å².